The fourth-order valence-corrected chi connectivity index (χ4v) is 7.02. The van der Waals surface area contributed by atoms with Crippen molar-refractivity contribution in [3.63, 3.8) is 0 Å². The fourth-order valence-electron chi connectivity index (χ4n) is 4.93. The smallest absolute Gasteiger partial charge is 0.321 e. The molecule has 0 spiro atoms. The lowest BCUT2D eigenvalue weighted by atomic mass is 10.1. The first-order chi connectivity index (χ1) is 17.8. The van der Waals surface area contributed by atoms with Gasteiger partial charge < -0.3 is 13.5 Å². The molecule has 0 radical (unpaired) electrons. The first-order valence-electron chi connectivity index (χ1n) is 16.5. The summed E-state index contributed by atoms with van der Waals surface area (Å²) in [6, 6.07) is 0. The maximum atomic E-state index is 13.4. The normalized spacial score (nSPS) is 12.5. The number of quaternary nitrogens is 1. The Bertz CT molecular complexity index is 473. The Balaban J connectivity index is 3.80. The van der Waals surface area contributed by atoms with Crippen LogP contribution in [0.5, 0.6) is 0 Å². The zero-order valence-electron chi connectivity index (χ0n) is 26.2. The van der Waals surface area contributed by atoms with E-state index in [2.05, 4.69) is 35.0 Å². The third kappa shape index (κ3) is 28.9. The molecule has 0 amide bonds. The molecule has 0 atom stereocenters. The highest BCUT2D eigenvalue weighted by molar-refractivity contribution is 7.53. The summed E-state index contributed by atoms with van der Waals surface area (Å²) in [6.07, 6.45) is 32.1. The second-order valence-corrected chi connectivity index (χ2v) is 14.5. The van der Waals surface area contributed by atoms with Crippen LogP contribution in [0.1, 0.15) is 168 Å². The van der Waals surface area contributed by atoms with Crippen molar-refractivity contribution in [2.75, 3.05) is 40.6 Å². The van der Waals surface area contributed by atoms with E-state index in [9.17, 15) is 4.57 Å². The predicted molar refractivity (Wildman–Crippen MR) is 165 cm³/mol. The van der Waals surface area contributed by atoms with E-state index in [1.54, 1.807) is 0 Å². The summed E-state index contributed by atoms with van der Waals surface area (Å²) in [4.78, 5) is 0. The minimum atomic E-state index is -3.03. The van der Waals surface area contributed by atoms with Gasteiger partial charge in [-0.2, -0.15) is 0 Å². The van der Waals surface area contributed by atoms with Crippen molar-refractivity contribution in [1.29, 1.82) is 0 Å². The van der Waals surface area contributed by atoms with Crippen molar-refractivity contribution in [3.05, 3.63) is 0 Å². The molecule has 0 bridgehead atoms. The summed E-state index contributed by atoms with van der Waals surface area (Å²) in [7, 11) is 3.15. The van der Waals surface area contributed by atoms with Gasteiger partial charge in [0.15, 0.2) is 6.29 Å². The van der Waals surface area contributed by atoms with Gasteiger partial charge in [-0.05, 0) is 12.8 Å². The third-order valence-electron chi connectivity index (χ3n) is 7.17. The Morgan fingerprint density at radius 1 is 0.432 bits per heavy atom. The maximum absolute atomic E-state index is 13.4. The van der Waals surface area contributed by atoms with Gasteiger partial charge in [0.05, 0.1) is 34.4 Å². The van der Waals surface area contributed by atoms with Crippen molar-refractivity contribution in [3.8, 4) is 0 Å². The highest BCUT2D eigenvalue weighted by Crippen LogP contribution is 2.49. The molecule has 0 unspecified atom stereocenters. The predicted octanol–water partition coefficient (Wildman–Crippen LogP) is 11.3. The molecule has 0 N–H and O–H groups in total. The second kappa shape index (κ2) is 26.3. The van der Waals surface area contributed by atoms with Gasteiger partial charge in [0.25, 0.3) is 0 Å². The van der Waals surface area contributed by atoms with Crippen molar-refractivity contribution < 1.29 is 18.1 Å². The van der Waals surface area contributed by atoms with Crippen LogP contribution in [0.15, 0.2) is 0 Å². The quantitative estimate of drug-likeness (QED) is 0.0510. The summed E-state index contributed by atoms with van der Waals surface area (Å²) in [6.45, 7) is 5.68. The lowest BCUT2D eigenvalue weighted by Crippen LogP contribution is -2.36. The minimum absolute atomic E-state index is 0.448. The highest BCUT2D eigenvalue weighted by Gasteiger charge is 2.32. The zero-order valence-corrected chi connectivity index (χ0v) is 27.1. The Labute approximate surface area is 234 Å². The first kappa shape index (κ1) is 37.1. The Morgan fingerprint density at radius 2 is 0.676 bits per heavy atom. The monoisotopic (exact) mass is 547 g/mol. The van der Waals surface area contributed by atoms with E-state index < -0.39 is 7.60 Å². The molecule has 0 aliphatic carbocycles. The number of unbranched alkanes of at least 4 members (excludes halogenated alkanes) is 22. The molecule has 0 heterocycles. The van der Waals surface area contributed by atoms with E-state index >= 15 is 0 Å². The Hall–Kier alpha value is 0.110. The lowest BCUT2D eigenvalue weighted by Gasteiger charge is -2.28. The maximum Gasteiger partial charge on any atom is 0.384 e. The topological polar surface area (TPSA) is 35.5 Å². The summed E-state index contributed by atoms with van der Waals surface area (Å²) >= 11 is 0. The molecular weight excluding hydrogens is 477 g/mol. The van der Waals surface area contributed by atoms with Gasteiger partial charge in [-0.15, -0.1) is 0 Å². The van der Waals surface area contributed by atoms with Crippen LogP contribution < -0.4 is 0 Å². The standard InChI is InChI=1S/C32H69NO3P/c1-6-8-10-12-14-16-18-20-22-24-26-28-30-35-37(34,32-33(3,4)5)36-31-29-27-25-23-21-19-17-15-13-11-9-7-2/h6-32H2,1-5H3/q+1. The van der Waals surface area contributed by atoms with Gasteiger partial charge in [-0.3, -0.25) is 4.57 Å². The Kier molecular flexibility index (Phi) is 26.4. The fraction of sp³-hybridized carbons (Fsp3) is 1.00. The van der Waals surface area contributed by atoms with E-state index in [1.807, 2.05) is 0 Å². The summed E-state index contributed by atoms with van der Waals surface area (Å²) in [5.41, 5.74) is 0. The van der Waals surface area contributed by atoms with Gasteiger partial charge in [-0.25, -0.2) is 0 Å². The number of rotatable bonds is 30. The van der Waals surface area contributed by atoms with E-state index in [0.29, 0.717) is 24.0 Å². The zero-order chi connectivity index (χ0) is 27.5. The van der Waals surface area contributed by atoms with E-state index in [0.717, 1.165) is 12.8 Å². The van der Waals surface area contributed by atoms with Crippen LogP contribution in [0.3, 0.4) is 0 Å². The molecule has 224 valence electrons. The number of hydrogen-bond donors (Lipinski definition) is 0. The molecule has 0 aliphatic rings. The van der Waals surface area contributed by atoms with Crippen LogP contribution in [-0.2, 0) is 13.6 Å². The molecule has 0 rings (SSSR count). The summed E-state index contributed by atoms with van der Waals surface area (Å²) in [5.74, 6) is 0. The van der Waals surface area contributed by atoms with Crippen LogP contribution in [0.4, 0.5) is 0 Å². The molecule has 0 aromatic carbocycles. The van der Waals surface area contributed by atoms with Crippen LogP contribution >= 0.6 is 7.60 Å². The molecule has 0 fully saturated rings. The SMILES string of the molecule is CCCCCCCCCCCCCCOP(=O)(C[N+](C)(C)C)OCCCCCCCCCCCCCC. The average Bonchev–Trinajstić information content (AvgIpc) is 2.84. The van der Waals surface area contributed by atoms with Gasteiger partial charge in [0.2, 0.25) is 0 Å². The summed E-state index contributed by atoms with van der Waals surface area (Å²) in [5, 5.41) is 0. The van der Waals surface area contributed by atoms with Crippen molar-refractivity contribution in [1.82, 2.24) is 0 Å². The van der Waals surface area contributed by atoms with E-state index in [1.165, 1.54) is 141 Å². The van der Waals surface area contributed by atoms with Crippen molar-refractivity contribution in [2.24, 2.45) is 0 Å². The molecule has 5 heteroatoms. The highest BCUT2D eigenvalue weighted by atomic mass is 31.2. The second-order valence-electron chi connectivity index (χ2n) is 12.5. The lowest BCUT2D eigenvalue weighted by molar-refractivity contribution is -0.859. The van der Waals surface area contributed by atoms with Gasteiger partial charge in [0, 0.05) is 0 Å². The Morgan fingerprint density at radius 3 is 0.919 bits per heavy atom. The van der Waals surface area contributed by atoms with Crippen LogP contribution in [0.2, 0.25) is 0 Å². The van der Waals surface area contributed by atoms with Gasteiger partial charge in [-0.1, -0.05) is 155 Å². The molecule has 0 saturated heterocycles. The van der Waals surface area contributed by atoms with Gasteiger partial charge in [0.1, 0.15) is 0 Å². The molecule has 37 heavy (non-hydrogen) atoms. The largest absolute Gasteiger partial charge is 0.384 e. The van der Waals surface area contributed by atoms with Crippen molar-refractivity contribution >= 4 is 7.60 Å². The van der Waals surface area contributed by atoms with Crippen LogP contribution in [-0.4, -0.2) is 45.1 Å². The van der Waals surface area contributed by atoms with Crippen LogP contribution in [0.25, 0.3) is 0 Å². The first-order valence-corrected chi connectivity index (χ1v) is 18.2. The number of nitrogens with zero attached hydrogens (tertiary/aromatic N) is 1. The minimum Gasteiger partial charge on any atom is -0.321 e. The van der Waals surface area contributed by atoms with Gasteiger partial charge >= 0.3 is 7.60 Å². The molecule has 0 aliphatic heterocycles. The molecule has 4 nitrogen and oxygen atoms in total. The molecule has 0 aromatic heterocycles. The van der Waals surface area contributed by atoms with E-state index in [-0.39, 0.29) is 0 Å². The van der Waals surface area contributed by atoms with Crippen molar-refractivity contribution in [2.45, 2.75) is 168 Å². The third-order valence-corrected chi connectivity index (χ3v) is 9.52. The van der Waals surface area contributed by atoms with Crippen LogP contribution in [0, 0.1) is 0 Å². The van der Waals surface area contributed by atoms with E-state index in [4.69, 9.17) is 9.05 Å². The molecule has 0 aromatic rings. The average molecular weight is 547 g/mol. The molecular formula is C32H69NO3P+. The summed E-state index contributed by atoms with van der Waals surface area (Å²) < 4.78 is 25.8. The molecule has 0 saturated carbocycles. The number of hydrogen-bond acceptors (Lipinski definition) is 3.